The summed E-state index contributed by atoms with van der Waals surface area (Å²) in [5.74, 6) is 0.696. The van der Waals surface area contributed by atoms with E-state index in [9.17, 15) is 9.90 Å². The van der Waals surface area contributed by atoms with Gasteiger partial charge in [0, 0.05) is 11.3 Å². The van der Waals surface area contributed by atoms with E-state index in [2.05, 4.69) is 20.7 Å². The number of amides is 1. The van der Waals surface area contributed by atoms with Crippen molar-refractivity contribution in [3.8, 4) is 22.8 Å². The predicted molar refractivity (Wildman–Crippen MR) is 126 cm³/mol. The second-order valence-corrected chi connectivity index (χ2v) is 7.96. The minimum Gasteiger partial charge on any atom is -0.508 e. The number of nitrogens with zero attached hydrogens (tertiary/aromatic N) is 4. The maximum Gasteiger partial charge on any atom is 0.250 e. The van der Waals surface area contributed by atoms with Gasteiger partial charge in [0.25, 0.3) is 5.91 Å². The summed E-state index contributed by atoms with van der Waals surface area (Å²) in [6.07, 6.45) is 1.48. The van der Waals surface area contributed by atoms with Crippen molar-refractivity contribution in [2.24, 2.45) is 5.10 Å². The molecule has 0 saturated carbocycles. The van der Waals surface area contributed by atoms with Crippen molar-refractivity contribution in [3.05, 3.63) is 90.0 Å². The second kappa shape index (κ2) is 9.93. The van der Waals surface area contributed by atoms with Crippen LogP contribution in [-0.4, -0.2) is 37.7 Å². The van der Waals surface area contributed by atoms with Crippen LogP contribution >= 0.6 is 11.8 Å². The molecule has 3 aromatic carbocycles. The number of aromatic hydroxyl groups is 1. The van der Waals surface area contributed by atoms with E-state index in [1.54, 1.807) is 24.3 Å². The fourth-order valence-corrected chi connectivity index (χ4v) is 3.75. The molecule has 0 spiro atoms. The molecule has 1 aromatic heterocycles. The molecule has 32 heavy (non-hydrogen) atoms. The monoisotopic (exact) mass is 443 g/mol. The number of thioether (sulfide) groups is 1. The Morgan fingerprint density at radius 1 is 1.06 bits per heavy atom. The first-order valence-electron chi connectivity index (χ1n) is 9.92. The number of aromatic nitrogens is 3. The molecule has 0 aliphatic heterocycles. The third-order valence-electron chi connectivity index (χ3n) is 4.56. The molecule has 0 radical (unpaired) electrons. The molecular weight excluding hydrogens is 422 g/mol. The van der Waals surface area contributed by atoms with Gasteiger partial charge in [-0.15, -0.1) is 10.2 Å². The summed E-state index contributed by atoms with van der Waals surface area (Å²) in [5, 5.41) is 22.8. The lowest BCUT2D eigenvalue weighted by Gasteiger charge is -2.10. The highest BCUT2D eigenvalue weighted by Crippen LogP contribution is 2.28. The summed E-state index contributed by atoms with van der Waals surface area (Å²) in [5.41, 5.74) is 6.19. The molecular formula is C24H21N5O2S. The Bertz CT molecular complexity index is 1240. The molecule has 160 valence electrons. The SMILES string of the molecule is Cc1ccc(-n2c(SCC(=O)N/N=C\c3cccc(O)c3)nnc2-c2ccccc2)cc1. The van der Waals surface area contributed by atoms with E-state index in [-0.39, 0.29) is 17.4 Å². The Kier molecular flexibility index (Phi) is 6.62. The maximum absolute atomic E-state index is 12.3. The van der Waals surface area contributed by atoms with Crippen molar-refractivity contribution in [2.75, 3.05) is 5.75 Å². The van der Waals surface area contributed by atoms with Gasteiger partial charge in [-0.3, -0.25) is 9.36 Å². The number of rotatable bonds is 7. The fourth-order valence-electron chi connectivity index (χ4n) is 3.01. The van der Waals surface area contributed by atoms with Gasteiger partial charge in [0.15, 0.2) is 11.0 Å². The number of hydrogen-bond acceptors (Lipinski definition) is 6. The summed E-state index contributed by atoms with van der Waals surface area (Å²) in [7, 11) is 0. The van der Waals surface area contributed by atoms with E-state index in [1.165, 1.54) is 18.0 Å². The average molecular weight is 444 g/mol. The van der Waals surface area contributed by atoms with Crippen LogP contribution < -0.4 is 5.43 Å². The molecule has 8 heteroatoms. The maximum atomic E-state index is 12.3. The molecule has 0 fully saturated rings. The Morgan fingerprint density at radius 2 is 1.84 bits per heavy atom. The number of carbonyl (C=O) groups is 1. The highest BCUT2D eigenvalue weighted by Gasteiger charge is 2.17. The highest BCUT2D eigenvalue weighted by atomic mass is 32.2. The largest absolute Gasteiger partial charge is 0.508 e. The van der Waals surface area contributed by atoms with Gasteiger partial charge in [0.05, 0.1) is 12.0 Å². The Labute approximate surface area is 189 Å². The minimum absolute atomic E-state index is 0.121. The second-order valence-electron chi connectivity index (χ2n) is 7.02. The van der Waals surface area contributed by atoms with Crippen molar-refractivity contribution < 1.29 is 9.90 Å². The normalized spacial score (nSPS) is 11.0. The highest BCUT2D eigenvalue weighted by molar-refractivity contribution is 7.99. The molecule has 1 heterocycles. The molecule has 0 bridgehead atoms. The van der Waals surface area contributed by atoms with Crippen LogP contribution in [0.5, 0.6) is 5.75 Å². The number of aryl methyl sites for hydroxylation is 1. The van der Waals surface area contributed by atoms with Crippen LogP contribution in [0.4, 0.5) is 0 Å². The van der Waals surface area contributed by atoms with E-state index < -0.39 is 0 Å². The average Bonchev–Trinajstić information content (AvgIpc) is 3.23. The van der Waals surface area contributed by atoms with Gasteiger partial charge in [-0.25, -0.2) is 5.43 Å². The summed E-state index contributed by atoms with van der Waals surface area (Å²) < 4.78 is 1.95. The molecule has 0 aliphatic rings. The molecule has 0 aliphatic carbocycles. The molecule has 2 N–H and O–H groups in total. The predicted octanol–water partition coefficient (Wildman–Crippen LogP) is 4.19. The number of nitrogens with one attached hydrogen (secondary N) is 1. The first-order valence-corrected chi connectivity index (χ1v) is 10.9. The number of carbonyl (C=O) groups excluding carboxylic acids is 1. The summed E-state index contributed by atoms with van der Waals surface area (Å²) in [6, 6.07) is 24.5. The lowest BCUT2D eigenvalue weighted by molar-refractivity contribution is -0.118. The molecule has 0 atom stereocenters. The van der Waals surface area contributed by atoms with Crippen LogP contribution in [-0.2, 0) is 4.79 Å². The van der Waals surface area contributed by atoms with E-state index in [1.807, 2.05) is 66.1 Å². The quantitative estimate of drug-likeness (QED) is 0.254. The summed E-state index contributed by atoms with van der Waals surface area (Å²) >= 11 is 1.28. The molecule has 7 nitrogen and oxygen atoms in total. The first-order chi connectivity index (χ1) is 15.6. The van der Waals surface area contributed by atoms with Gasteiger partial charge in [0.1, 0.15) is 5.75 Å². The van der Waals surface area contributed by atoms with E-state index in [0.29, 0.717) is 16.5 Å². The number of hydrogen-bond donors (Lipinski definition) is 2. The number of phenols is 1. The Hall–Kier alpha value is -3.91. The van der Waals surface area contributed by atoms with Crippen molar-refractivity contribution >= 4 is 23.9 Å². The van der Waals surface area contributed by atoms with Crippen molar-refractivity contribution in [2.45, 2.75) is 12.1 Å². The standard InChI is InChI=1S/C24H21N5O2S/c1-17-10-12-20(13-11-17)29-23(19-7-3-2-4-8-19)27-28-24(29)32-16-22(31)26-25-15-18-6-5-9-21(30)14-18/h2-15,30H,16H2,1H3,(H,26,31)/b25-15-. The molecule has 1 amide bonds. The van der Waals surface area contributed by atoms with Gasteiger partial charge in [-0.2, -0.15) is 5.10 Å². The topological polar surface area (TPSA) is 92.4 Å². The van der Waals surface area contributed by atoms with Crippen LogP contribution in [0.1, 0.15) is 11.1 Å². The smallest absolute Gasteiger partial charge is 0.250 e. The molecule has 4 rings (SSSR count). The van der Waals surface area contributed by atoms with Crippen LogP contribution in [0.15, 0.2) is 89.1 Å². The van der Waals surface area contributed by atoms with Crippen molar-refractivity contribution in [3.63, 3.8) is 0 Å². The Morgan fingerprint density at radius 3 is 2.59 bits per heavy atom. The van der Waals surface area contributed by atoms with Crippen LogP contribution in [0, 0.1) is 6.92 Å². The molecule has 0 unspecified atom stereocenters. The van der Waals surface area contributed by atoms with Crippen molar-refractivity contribution in [1.29, 1.82) is 0 Å². The summed E-state index contributed by atoms with van der Waals surface area (Å²) in [4.78, 5) is 12.3. The van der Waals surface area contributed by atoms with Crippen LogP contribution in [0.25, 0.3) is 17.1 Å². The van der Waals surface area contributed by atoms with Crippen molar-refractivity contribution in [1.82, 2.24) is 20.2 Å². The zero-order valence-electron chi connectivity index (χ0n) is 17.3. The number of hydrazone groups is 1. The van der Waals surface area contributed by atoms with Gasteiger partial charge in [0.2, 0.25) is 0 Å². The van der Waals surface area contributed by atoms with Gasteiger partial charge < -0.3 is 5.11 Å². The van der Waals surface area contributed by atoms with E-state index in [4.69, 9.17) is 0 Å². The third-order valence-corrected chi connectivity index (χ3v) is 5.49. The summed E-state index contributed by atoms with van der Waals surface area (Å²) in [6.45, 7) is 2.03. The minimum atomic E-state index is -0.272. The fraction of sp³-hybridized carbons (Fsp3) is 0.0833. The van der Waals surface area contributed by atoms with Gasteiger partial charge in [-0.1, -0.05) is 71.9 Å². The number of benzene rings is 3. The van der Waals surface area contributed by atoms with E-state index in [0.717, 1.165) is 16.8 Å². The molecule has 4 aromatic rings. The Balaban J connectivity index is 1.50. The lowest BCUT2D eigenvalue weighted by atomic mass is 10.2. The zero-order valence-corrected chi connectivity index (χ0v) is 18.2. The molecule has 0 saturated heterocycles. The van der Waals surface area contributed by atoms with Crippen LogP contribution in [0.2, 0.25) is 0 Å². The lowest BCUT2D eigenvalue weighted by Crippen LogP contribution is -2.20. The van der Waals surface area contributed by atoms with Gasteiger partial charge >= 0.3 is 0 Å². The third kappa shape index (κ3) is 5.22. The van der Waals surface area contributed by atoms with Gasteiger partial charge in [-0.05, 0) is 36.8 Å². The van der Waals surface area contributed by atoms with Crippen LogP contribution in [0.3, 0.4) is 0 Å². The first kappa shape index (κ1) is 21.3. The number of phenolic OH excluding ortho intramolecular Hbond substituents is 1. The zero-order chi connectivity index (χ0) is 22.3. The van der Waals surface area contributed by atoms with E-state index >= 15 is 0 Å².